The number of aromatic hydroxyl groups is 1. The Kier molecular flexibility index (Phi) is 13.8. The number of halogens is 4. The third kappa shape index (κ3) is 9.33. The Morgan fingerprint density at radius 3 is 2.20 bits per heavy atom. The highest BCUT2D eigenvalue weighted by Crippen LogP contribution is 2.52. The van der Waals surface area contributed by atoms with Gasteiger partial charge in [-0.2, -0.15) is 0 Å². The summed E-state index contributed by atoms with van der Waals surface area (Å²) >= 11 is 13.8. The number of oxime groups is 3. The number of phenols is 1. The van der Waals surface area contributed by atoms with Crippen LogP contribution < -0.4 is 30.2 Å². The summed E-state index contributed by atoms with van der Waals surface area (Å²) in [5, 5.41) is 92.4. The molecule has 318 valence electrons. The van der Waals surface area contributed by atoms with Crippen molar-refractivity contribution in [3.8, 4) is 23.0 Å². The van der Waals surface area contributed by atoms with Gasteiger partial charge in [-0.15, -0.1) is 0 Å². The quantitative estimate of drug-likeness (QED) is 0.0763. The van der Waals surface area contributed by atoms with Crippen LogP contribution in [0.4, 0.5) is 0 Å². The average Bonchev–Trinajstić information content (AvgIpc) is 3.60. The second-order valence-corrected chi connectivity index (χ2v) is 17.2. The van der Waals surface area contributed by atoms with Gasteiger partial charge in [0.2, 0.25) is 0 Å². The summed E-state index contributed by atoms with van der Waals surface area (Å²) in [6.07, 6.45) is -5.62. The SMILES string of the molecule is O=C1NCCCOc2c(O)cc(c(Br)c2Br)C/C2=N\O[C@@H]3[C@H](Br)[C@@]4(C=C[C@@]3(O)C/C(=N\O)C(=O)NC[C@@H](O)[C@H](O)[C@H](O)CNC2=O)Oc2cc(cc(Br)c2O4)C/C1=N\O. The van der Waals surface area contributed by atoms with E-state index in [9.17, 15) is 50.3 Å². The summed E-state index contributed by atoms with van der Waals surface area (Å²) < 4.78 is 19.4. The summed E-state index contributed by atoms with van der Waals surface area (Å²) in [6, 6.07) is 4.43. The molecule has 10 N–H and O–H groups in total. The number of hydrogen-bond acceptors (Lipinski definition) is 17. The van der Waals surface area contributed by atoms with Gasteiger partial charge in [0, 0.05) is 43.4 Å². The van der Waals surface area contributed by atoms with E-state index in [-0.39, 0.29) is 71.2 Å². The Balaban J connectivity index is 1.49. The molecule has 3 amide bonds. The third-order valence-electron chi connectivity index (χ3n) is 9.63. The number of nitrogens with zero attached hydrogens (tertiary/aromatic N) is 3. The Labute approximate surface area is 367 Å². The van der Waals surface area contributed by atoms with E-state index in [4.69, 9.17) is 19.0 Å². The number of β-amino-alcohol motifs (C(OH)–C–C–N with tert-alkyl or cyclic N) is 2. The topological polar surface area (TPSA) is 303 Å². The largest absolute Gasteiger partial charge is 0.504 e. The number of carbonyl (C=O) groups is 3. The summed E-state index contributed by atoms with van der Waals surface area (Å²) in [7, 11) is 0. The van der Waals surface area contributed by atoms with Gasteiger partial charge < -0.3 is 70.9 Å². The second-order valence-electron chi connectivity index (χ2n) is 13.8. The normalized spacial score (nSPS) is 31.7. The van der Waals surface area contributed by atoms with Crippen molar-refractivity contribution in [2.75, 3.05) is 26.2 Å². The Morgan fingerprint density at radius 1 is 0.831 bits per heavy atom. The van der Waals surface area contributed by atoms with Crippen LogP contribution in [0.5, 0.6) is 23.0 Å². The number of benzene rings is 2. The number of aliphatic hydroxyl groups is 4. The van der Waals surface area contributed by atoms with Crippen LogP contribution in [0.1, 0.15) is 24.0 Å². The van der Waals surface area contributed by atoms with Gasteiger partial charge in [0.25, 0.3) is 23.5 Å². The molecule has 4 aliphatic heterocycles. The van der Waals surface area contributed by atoms with E-state index >= 15 is 0 Å². The van der Waals surface area contributed by atoms with Crippen LogP contribution in [-0.4, -0.2) is 138 Å². The highest BCUT2D eigenvalue weighted by atomic mass is 79.9. The van der Waals surface area contributed by atoms with E-state index in [1.54, 1.807) is 12.1 Å². The standard InChI is InChI=1S/C35H36Br4N6O14/c36-16-6-14-7-17(43-54)31(50)40-4-1-5-56-28-20(46)10-15(24(37)25(28)38)9-18-32(51)41-12-21(47)26(49)22(48)13-42-33(52)19(44-55)11-34(53)2-3-35(29(39)30(34)59-45-18)57-23(8-14)27(16)58-35/h2-3,6,8,10,21-22,26,29-30,46-49,53-55H,1,4-5,7,9,11-13H2,(H,40,50)(H,41,51)(H,42,52)/b43-17+,44-19+,45-18+/t21-,22-,26-,29+,30-,34-,35+/m1/s1. The van der Waals surface area contributed by atoms with E-state index in [0.29, 0.717) is 14.5 Å². The molecule has 1 aliphatic carbocycles. The maximum absolute atomic E-state index is 13.8. The van der Waals surface area contributed by atoms with Gasteiger partial charge in [0.1, 0.15) is 33.7 Å². The van der Waals surface area contributed by atoms with Gasteiger partial charge in [0.05, 0.1) is 27.8 Å². The molecule has 5 aliphatic rings. The highest BCUT2D eigenvalue weighted by molar-refractivity contribution is 9.13. The molecule has 0 unspecified atom stereocenters. The number of carbonyl (C=O) groups excluding carboxylic acids is 3. The number of alkyl halides is 1. The minimum atomic E-state index is -2.30. The average molecular weight is 1080 g/mol. The molecule has 4 heterocycles. The molecule has 7 atom stereocenters. The van der Waals surface area contributed by atoms with Crippen LogP contribution in [0.15, 0.2) is 59.2 Å². The highest BCUT2D eigenvalue weighted by Gasteiger charge is 2.60. The van der Waals surface area contributed by atoms with Crippen molar-refractivity contribution in [1.82, 2.24) is 16.0 Å². The van der Waals surface area contributed by atoms with Crippen LogP contribution in [0.25, 0.3) is 0 Å². The van der Waals surface area contributed by atoms with Crippen LogP contribution in [-0.2, 0) is 32.1 Å². The molecule has 59 heavy (non-hydrogen) atoms. The van der Waals surface area contributed by atoms with Crippen molar-refractivity contribution in [2.24, 2.45) is 15.5 Å². The predicted molar refractivity (Wildman–Crippen MR) is 218 cm³/mol. The molecule has 7 bridgehead atoms. The molecule has 0 fully saturated rings. The van der Waals surface area contributed by atoms with Gasteiger partial charge >= 0.3 is 0 Å². The van der Waals surface area contributed by atoms with Gasteiger partial charge in [-0.3, -0.25) is 14.4 Å². The lowest BCUT2D eigenvalue weighted by molar-refractivity contribution is -0.141. The van der Waals surface area contributed by atoms with E-state index in [1.807, 2.05) is 0 Å². The van der Waals surface area contributed by atoms with Crippen LogP contribution in [0.2, 0.25) is 0 Å². The van der Waals surface area contributed by atoms with E-state index in [2.05, 4.69) is 95.1 Å². The fourth-order valence-corrected chi connectivity index (χ4v) is 8.92. The monoisotopic (exact) mass is 1080 g/mol. The van der Waals surface area contributed by atoms with E-state index in [1.165, 1.54) is 12.1 Å². The number of amides is 3. The first-order chi connectivity index (χ1) is 28.0. The van der Waals surface area contributed by atoms with Crippen LogP contribution in [0, 0.1) is 0 Å². The van der Waals surface area contributed by atoms with E-state index < -0.39 is 89.3 Å². The lowest BCUT2D eigenvalue weighted by Crippen LogP contribution is -2.62. The smallest absolute Gasteiger partial charge is 0.287 e. The summed E-state index contributed by atoms with van der Waals surface area (Å²) in [5.74, 6) is -4.53. The van der Waals surface area contributed by atoms with Gasteiger partial charge in [-0.1, -0.05) is 31.4 Å². The molecule has 2 aromatic rings. The molecule has 2 aromatic carbocycles. The molecule has 24 heteroatoms. The number of fused-ring (bicyclic) bond motifs is 9. The summed E-state index contributed by atoms with van der Waals surface area (Å²) in [4.78, 5) is 44.7. The molecule has 20 nitrogen and oxygen atoms in total. The molecular weight excluding hydrogens is 1050 g/mol. The summed E-state index contributed by atoms with van der Waals surface area (Å²) in [5.41, 5.74) is -2.89. The van der Waals surface area contributed by atoms with Gasteiger partial charge in [-0.05, 0) is 95.7 Å². The van der Waals surface area contributed by atoms with Crippen molar-refractivity contribution >= 4 is 98.6 Å². The lowest BCUT2D eigenvalue weighted by atomic mass is 9.81. The Hall–Kier alpha value is -4.04. The first-order valence-corrected chi connectivity index (χ1v) is 20.9. The van der Waals surface area contributed by atoms with Crippen molar-refractivity contribution < 1.29 is 69.4 Å². The molecule has 0 radical (unpaired) electrons. The zero-order valence-electron chi connectivity index (χ0n) is 30.3. The van der Waals surface area contributed by atoms with Crippen LogP contribution in [0.3, 0.4) is 0 Å². The number of aliphatic hydroxyl groups excluding tert-OH is 3. The first-order valence-electron chi connectivity index (χ1n) is 17.6. The molecule has 0 saturated carbocycles. The second kappa shape index (κ2) is 18.3. The number of nitrogens with one attached hydrogen (secondary N) is 3. The van der Waals surface area contributed by atoms with Crippen molar-refractivity contribution in [3.63, 3.8) is 0 Å². The maximum atomic E-state index is 13.8. The number of phenolic OH excluding ortho intramolecular Hbond substituents is 1. The number of hydrogen-bond donors (Lipinski definition) is 10. The van der Waals surface area contributed by atoms with Gasteiger partial charge in [0.15, 0.2) is 29.1 Å². The lowest BCUT2D eigenvalue weighted by Gasteiger charge is -2.43. The fourth-order valence-electron chi connectivity index (χ4n) is 6.45. The third-order valence-corrected chi connectivity index (χ3v) is 13.5. The number of rotatable bonds is 0. The Bertz CT molecular complexity index is 2140. The number of ether oxygens (including phenoxy) is 3. The molecular formula is C35H36Br4N6O14. The predicted octanol–water partition coefficient (Wildman–Crippen LogP) is 1.02. The molecule has 7 rings (SSSR count). The molecule has 0 aromatic heterocycles. The van der Waals surface area contributed by atoms with E-state index in [0.717, 1.165) is 6.08 Å². The fraction of sp³-hybridized carbons (Fsp3) is 0.429. The van der Waals surface area contributed by atoms with Crippen LogP contribution >= 0.6 is 63.7 Å². The zero-order chi connectivity index (χ0) is 42.8. The van der Waals surface area contributed by atoms with Crippen molar-refractivity contribution in [2.45, 2.75) is 66.3 Å². The van der Waals surface area contributed by atoms with Gasteiger partial charge in [-0.25, -0.2) is 0 Å². The first kappa shape index (κ1) is 44.5. The minimum absolute atomic E-state index is 0.0152. The molecule has 1 spiro atoms. The minimum Gasteiger partial charge on any atom is -0.504 e. The summed E-state index contributed by atoms with van der Waals surface area (Å²) in [6.45, 7) is -1.15. The molecule has 0 saturated heterocycles. The Morgan fingerprint density at radius 2 is 1.51 bits per heavy atom. The maximum Gasteiger partial charge on any atom is 0.287 e. The van der Waals surface area contributed by atoms with Crippen molar-refractivity contribution in [1.29, 1.82) is 0 Å². The zero-order valence-corrected chi connectivity index (χ0v) is 36.6. The van der Waals surface area contributed by atoms with Crippen molar-refractivity contribution in [3.05, 3.63) is 54.9 Å².